The molecule has 0 aliphatic carbocycles. The van der Waals surface area contributed by atoms with Crippen LogP contribution < -0.4 is 5.32 Å². The van der Waals surface area contributed by atoms with E-state index >= 15 is 0 Å². The minimum absolute atomic E-state index is 0.128. The number of benzene rings is 1. The molecule has 0 fully saturated rings. The van der Waals surface area contributed by atoms with Crippen molar-refractivity contribution >= 4 is 5.57 Å². The van der Waals surface area contributed by atoms with E-state index in [4.69, 9.17) is 9.84 Å². The molecule has 1 heterocycles. The molecule has 1 aliphatic rings. The lowest BCUT2D eigenvalue weighted by Crippen LogP contribution is -2.25. The van der Waals surface area contributed by atoms with E-state index in [-0.39, 0.29) is 6.61 Å². The monoisotopic (exact) mass is 288 g/mol. The standard InChI is InChI=1S/C17H24N2O2/c1-14(18-2)15-3-5-16(6-4-15)17-7-9-19(10-11-20)13-21-12-8-17/h3-9,14,18,20H,10-13H2,1-2H3. The molecule has 4 nitrogen and oxygen atoms in total. The van der Waals surface area contributed by atoms with Gasteiger partial charge in [-0.3, -0.25) is 0 Å². The van der Waals surface area contributed by atoms with Gasteiger partial charge in [0, 0.05) is 18.8 Å². The fourth-order valence-electron chi connectivity index (χ4n) is 2.23. The van der Waals surface area contributed by atoms with Crippen molar-refractivity contribution in [3.8, 4) is 0 Å². The molecule has 1 atom stereocenters. The van der Waals surface area contributed by atoms with Gasteiger partial charge in [-0.05, 0) is 36.7 Å². The molecular formula is C17H24N2O2. The van der Waals surface area contributed by atoms with Crippen molar-refractivity contribution in [1.82, 2.24) is 10.2 Å². The van der Waals surface area contributed by atoms with Crippen molar-refractivity contribution in [1.29, 1.82) is 0 Å². The average Bonchev–Trinajstić information content (AvgIpc) is 2.50. The molecule has 1 aromatic rings. The van der Waals surface area contributed by atoms with Gasteiger partial charge in [-0.1, -0.05) is 30.3 Å². The van der Waals surface area contributed by atoms with Crippen LogP contribution in [-0.2, 0) is 4.74 Å². The van der Waals surface area contributed by atoms with Gasteiger partial charge in [0.05, 0.1) is 13.2 Å². The fraction of sp³-hybridized carbons (Fsp3) is 0.412. The fourth-order valence-corrected chi connectivity index (χ4v) is 2.23. The molecule has 21 heavy (non-hydrogen) atoms. The number of hydrogen-bond acceptors (Lipinski definition) is 4. The number of rotatable bonds is 5. The maximum Gasteiger partial charge on any atom is 0.119 e. The first kappa shape index (κ1) is 15.8. The van der Waals surface area contributed by atoms with Crippen LogP contribution in [0.4, 0.5) is 0 Å². The van der Waals surface area contributed by atoms with Gasteiger partial charge in [-0.25, -0.2) is 0 Å². The summed E-state index contributed by atoms with van der Waals surface area (Å²) in [6.45, 7) is 3.95. The average molecular weight is 288 g/mol. The normalized spacial score (nSPS) is 17.1. The Kier molecular flexibility index (Phi) is 5.99. The Hall–Kier alpha value is -1.62. The lowest BCUT2D eigenvalue weighted by molar-refractivity contribution is 0.0619. The Morgan fingerprint density at radius 1 is 1.33 bits per heavy atom. The molecular weight excluding hydrogens is 264 g/mol. The van der Waals surface area contributed by atoms with Gasteiger partial charge in [0.25, 0.3) is 0 Å². The zero-order valence-electron chi connectivity index (χ0n) is 12.7. The van der Waals surface area contributed by atoms with Crippen molar-refractivity contribution in [2.45, 2.75) is 13.0 Å². The third kappa shape index (κ3) is 4.43. The van der Waals surface area contributed by atoms with Gasteiger partial charge in [-0.15, -0.1) is 0 Å². The first-order valence-corrected chi connectivity index (χ1v) is 7.33. The molecule has 2 N–H and O–H groups in total. The van der Waals surface area contributed by atoms with E-state index in [9.17, 15) is 0 Å². The van der Waals surface area contributed by atoms with Crippen molar-refractivity contribution < 1.29 is 9.84 Å². The zero-order chi connectivity index (χ0) is 15.1. The van der Waals surface area contributed by atoms with Gasteiger partial charge in [0.1, 0.15) is 6.73 Å². The highest BCUT2D eigenvalue weighted by Crippen LogP contribution is 2.20. The predicted molar refractivity (Wildman–Crippen MR) is 85.6 cm³/mol. The smallest absolute Gasteiger partial charge is 0.119 e. The molecule has 114 valence electrons. The molecule has 2 rings (SSSR count). The number of nitrogens with one attached hydrogen (secondary N) is 1. The van der Waals surface area contributed by atoms with Gasteiger partial charge < -0.3 is 20.1 Å². The van der Waals surface area contributed by atoms with Crippen LogP contribution in [0.15, 0.2) is 42.6 Å². The molecule has 0 amide bonds. The minimum Gasteiger partial charge on any atom is -0.395 e. The molecule has 0 saturated carbocycles. The number of β-amino-alcohol motifs (C(OH)–C–C–N with tert-alkyl or cyclic N) is 1. The topological polar surface area (TPSA) is 44.7 Å². The summed E-state index contributed by atoms with van der Waals surface area (Å²) in [6, 6.07) is 8.92. The van der Waals surface area contributed by atoms with E-state index in [0.717, 1.165) is 5.57 Å². The highest BCUT2D eigenvalue weighted by Gasteiger charge is 2.06. The lowest BCUT2D eigenvalue weighted by atomic mass is 10.0. The first-order valence-electron chi connectivity index (χ1n) is 7.33. The van der Waals surface area contributed by atoms with Gasteiger partial charge in [0.15, 0.2) is 0 Å². The van der Waals surface area contributed by atoms with Crippen LogP contribution in [0.1, 0.15) is 24.1 Å². The van der Waals surface area contributed by atoms with E-state index in [2.05, 4.69) is 48.7 Å². The van der Waals surface area contributed by atoms with Crippen LogP contribution in [0, 0.1) is 0 Å². The molecule has 0 bridgehead atoms. The van der Waals surface area contributed by atoms with Crippen molar-refractivity contribution in [3.05, 3.63) is 53.7 Å². The van der Waals surface area contributed by atoms with Gasteiger partial charge >= 0.3 is 0 Å². The summed E-state index contributed by atoms with van der Waals surface area (Å²) in [5.74, 6) is 0. The third-order valence-corrected chi connectivity index (χ3v) is 3.71. The Morgan fingerprint density at radius 2 is 2.10 bits per heavy atom. The summed E-state index contributed by atoms with van der Waals surface area (Å²) in [5, 5.41) is 12.3. The number of ether oxygens (including phenoxy) is 1. The minimum atomic E-state index is 0.128. The summed E-state index contributed by atoms with van der Waals surface area (Å²) in [4.78, 5) is 1.96. The second-order valence-electron chi connectivity index (χ2n) is 5.14. The van der Waals surface area contributed by atoms with Crippen LogP contribution in [0.2, 0.25) is 0 Å². The van der Waals surface area contributed by atoms with E-state index in [1.807, 2.05) is 18.1 Å². The highest BCUT2D eigenvalue weighted by atomic mass is 16.5. The van der Waals surface area contributed by atoms with Crippen molar-refractivity contribution in [3.63, 3.8) is 0 Å². The molecule has 0 saturated heterocycles. The molecule has 4 heteroatoms. The first-order chi connectivity index (χ1) is 10.2. The maximum absolute atomic E-state index is 9.02. The van der Waals surface area contributed by atoms with E-state index in [1.165, 1.54) is 11.1 Å². The largest absolute Gasteiger partial charge is 0.395 e. The SMILES string of the molecule is CNC(C)c1ccc(C2=CCOCN(CCO)C=C2)cc1. The van der Waals surface area contributed by atoms with Crippen LogP contribution in [0.3, 0.4) is 0 Å². The number of nitrogens with zero attached hydrogens (tertiary/aromatic N) is 1. The van der Waals surface area contributed by atoms with Gasteiger partial charge in [-0.2, -0.15) is 0 Å². The van der Waals surface area contributed by atoms with E-state index in [1.54, 1.807) is 0 Å². The van der Waals surface area contributed by atoms with Crippen molar-refractivity contribution in [2.24, 2.45) is 0 Å². The summed E-state index contributed by atoms with van der Waals surface area (Å²) in [7, 11) is 1.96. The quantitative estimate of drug-likeness (QED) is 0.871. The predicted octanol–water partition coefficient (Wildman–Crippen LogP) is 2.15. The Bertz CT molecular complexity index is 494. The molecule has 0 aromatic heterocycles. The van der Waals surface area contributed by atoms with Crippen LogP contribution in [-0.4, -0.2) is 43.5 Å². The molecule has 1 unspecified atom stereocenters. The second-order valence-corrected chi connectivity index (χ2v) is 5.14. The van der Waals surface area contributed by atoms with Crippen LogP contribution in [0.5, 0.6) is 0 Å². The van der Waals surface area contributed by atoms with Crippen LogP contribution >= 0.6 is 0 Å². The number of allylic oxidation sites excluding steroid dienone is 2. The second kappa shape index (κ2) is 7.98. The van der Waals surface area contributed by atoms with Crippen LogP contribution in [0.25, 0.3) is 5.57 Å². The molecule has 1 aromatic carbocycles. The Labute approximate surface area is 126 Å². The molecule has 1 aliphatic heterocycles. The zero-order valence-corrected chi connectivity index (χ0v) is 12.7. The third-order valence-electron chi connectivity index (χ3n) is 3.71. The lowest BCUT2D eigenvalue weighted by Gasteiger charge is -2.21. The number of hydrogen-bond donors (Lipinski definition) is 2. The number of aliphatic hydroxyl groups excluding tert-OH is 1. The summed E-state index contributed by atoms with van der Waals surface area (Å²) in [5.41, 5.74) is 3.59. The number of aliphatic hydroxyl groups is 1. The Morgan fingerprint density at radius 3 is 2.76 bits per heavy atom. The molecule has 0 radical (unpaired) electrons. The molecule has 0 spiro atoms. The summed E-state index contributed by atoms with van der Waals surface area (Å²) < 4.78 is 5.55. The highest BCUT2D eigenvalue weighted by molar-refractivity contribution is 5.74. The summed E-state index contributed by atoms with van der Waals surface area (Å²) in [6.07, 6.45) is 6.14. The Balaban J connectivity index is 2.14. The van der Waals surface area contributed by atoms with Crippen molar-refractivity contribution in [2.75, 3.05) is 33.5 Å². The summed E-state index contributed by atoms with van der Waals surface area (Å²) >= 11 is 0. The van der Waals surface area contributed by atoms with Gasteiger partial charge in [0.2, 0.25) is 0 Å². The van der Waals surface area contributed by atoms with E-state index < -0.39 is 0 Å². The maximum atomic E-state index is 9.02. The van der Waals surface area contributed by atoms with E-state index in [0.29, 0.717) is 25.9 Å².